The number of amides is 2. The topological polar surface area (TPSA) is 101 Å². The van der Waals surface area contributed by atoms with E-state index in [0.717, 1.165) is 24.4 Å². The van der Waals surface area contributed by atoms with E-state index in [1.165, 1.54) is 24.1 Å². The Kier molecular flexibility index (Phi) is 9.87. The first-order valence-corrected chi connectivity index (χ1v) is 10.3. The number of alkyl halides is 3. The molecule has 2 rings (SSSR count). The van der Waals surface area contributed by atoms with E-state index in [2.05, 4.69) is 10.3 Å². The standard InChI is InChI=1S/C21H22ClF4N3O5/c1-29(20(32)12-34-15-3-5-18(28-9-15)21(24,25)26)10-13(30)6-7-27-19(31)11-33-14-2-4-16(22)17(23)8-14/h2-5,8-9,13,30H,6-7,10-12H2,1H3,(H,27,31)/t13-/m0/s1. The molecule has 1 aromatic carbocycles. The Bertz CT molecular complexity index is 976. The number of halogens is 5. The van der Waals surface area contributed by atoms with E-state index in [-0.39, 0.29) is 42.6 Å². The lowest BCUT2D eigenvalue weighted by atomic mass is 10.2. The average Bonchev–Trinajstić information content (AvgIpc) is 2.77. The van der Waals surface area contributed by atoms with Gasteiger partial charge in [0.05, 0.1) is 17.3 Å². The number of carbonyl (C=O) groups is 2. The van der Waals surface area contributed by atoms with Gasteiger partial charge in [-0.15, -0.1) is 0 Å². The monoisotopic (exact) mass is 507 g/mol. The molecule has 0 fully saturated rings. The Morgan fingerprint density at radius 3 is 2.47 bits per heavy atom. The van der Waals surface area contributed by atoms with Crippen molar-refractivity contribution in [2.45, 2.75) is 18.7 Å². The Labute approximate surface area is 197 Å². The third kappa shape index (κ3) is 9.02. The van der Waals surface area contributed by atoms with Crippen LogP contribution in [0.1, 0.15) is 12.1 Å². The summed E-state index contributed by atoms with van der Waals surface area (Å²) in [6, 6.07) is 5.54. The van der Waals surface area contributed by atoms with Crippen molar-refractivity contribution in [3.63, 3.8) is 0 Å². The zero-order valence-corrected chi connectivity index (χ0v) is 18.7. The van der Waals surface area contributed by atoms with Crippen molar-refractivity contribution in [2.24, 2.45) is 0 Å². The van der Waals surface area contributed by atoms with Crippen LogP contribution in [0.15, 0.2) is 36.5 Å². The van der Waals surface area contributed by atoms with Gasteiger partial charge >= 0.3 is 6.18 Å². The molecular formula is C21H22ClF4N3O5. The van der Waals surface area contributed by atoms with E-state index in [0.29, 0.717) is 0 Å². The molecule has 0 saturated heterocycles. The van der Waals surface area contributed by atoms with Gasteiger partial charge in [0.25, 0.3) is 11.8 Å². The van der Waals surface area contributed by atoms with Gasteiger partial charge in [-0.2, -0.15) is 13.2 Å². The lowest BCUT2D eigenvalue weighted by Gasteiger charge is -2.21. The molecule has 2 amide bonds. The van der Waals surface area contributed by atoms with Gasteiger partial charge in [0.15, 0.2) is 13.2 Å². The summed E-state index contributed by atoms with van der Waals surface area (Å²) in [5.74, 6) is -1.58. The zero-order chi connectivity index (χ0) is 25.3. The number of aliphatic hydroxyl groups excluding tert-OH is 1. The van der Waals surface area contributed by atoms with Gasteiger partial charge in [-0.05, 0) is 30.7 Å². The summed E-state index contributed by atoms with van der Waals surface area (Å²) in [7, 11) is 1.41. The maximum absolute atomic E-state index is 13.3. The Hall–Kier alpha value is -3.12. The zero-order valence-electron chi connectivity index (χ0n) is 17.9. The summed E-state index contributed by atoms with van der Waals surface area (Å²) in [5.41, 5.74) is -1.08. The largest absolute Gasteiger partial charge is 0.484 e. The number of hydrogen-bond donors (Lipinski definition) is 2. The number of carbonyl (C=O) groups excluding carboxylic acids is 2. The van der Waals surface area contributed by atoms with Crippen LogP contribution in [0.2, 0.25) is 5.02 Å². The average molecular weight is 508 g/mol. The first-order chi connectivity index (χ1) is 16.0. The lowest BCUT2D eigenvalue weighted by Crippen LogP contribution is -2.39. The molecular weight excluding hydrogens is 486 g/mol. The van der Waals surface area contributed by atoms with Gasteiger partial charge in [-0.3, -0.25) is 9.59 Å². The molecule has 13 heteroatoms. The first-order valence-electron chi connectivity index (χ1n) is 9.88. The van der Waals surface area contributed by atoms with Gasteiger partial charge in [0.2, 0.25) is 0 Å². The van der Waals surface area contributed by atoms with Crippen LogP contribution in [-0.4, -0.2) is 66.3 Å². The van der Waals surface area contributed by atoms with Crippen molar-refractivity contribution in [1.29, 1.82) is 0 Å². The number of ether oxygens (including phenoxy) is 2. The molecule has 8 nitrogen and oxygen atoms in total. The van der Waals surface area contributed by atoms with Crippen LogP contribution in [0.3, 0.4) is 0 Å². The quantitative estimate of drug-likeness (QED) is 0.454. The molecule has 0 aliphatic carbocycles. The van der Waals surface area contributed by atoms with Gasteiger partial charge in [0, 0.05) is 26.2 Å². The van der Waals surface area contributed by atoms with Crippen LogP contribution in [0.5, 0.6) is 11.5 Å². The highest BCUT2D eigenvalue weighted by atomic mass is 35.5. The summed E-state index contributed by atoms with van der Waals surface area (Å²) in [4.78, 5) is 28.3. The van der Waals surface area contributed by atoms with Crippen molar-refractivity contribution in [2.75, 3.05) is 33.4 Å². The molecule has 1 atom stereocenters. The number of nitrogens with zero attached hydrogens (tertiary/aromatic N) is 2. The highest BCUT2D eigenvalue weighted by Gasteiger charge is 2.32. The summed E-state index contributed by atoms with van der Waals surface area (Å²) in [5, 5.41) is 12.5. The maximum atomic E-state index is 13.3. The predicted molar refractivity (Wildman–Crippen MR) is 113 cm³/mol. The minimum absolute atomic E-state index is 0.0124. The molecule has 2 N–H and O–H groups in total. The molecule has 0 bridgehead atoms. The highest BCUT2D eigenvalue weighted by Crippen LogP contribution is 2.28. The van der Waals surface area contributed by atoms with E-state index in [1.807, 2.05) is 0 Å². The second kappa shape index (κ2) is 12.4. The van der Waals surface area contributed by atoms with Gasteiger partial charge in [-0.1, -0.05) is 11.6 Å². The molecule has 186 valence electrons. The Balaban J connectivity index is 1.64. The molecule has 0 aliphatic rings. The molecule has 0 saturated carbocycles. The summed E-state index contributed by atoms with van der Waals surface area (Å²) in [6.07, 6.45) is -4.55. The maximum Gasteiger partial charge on any atom is 0.433 e. The Morgan fingerprint density at radius 2 is 1.85 bits per heavy atom. The van der Waals surface area contributed by atoms with Crippen molar-refractivity contribution in [3.05, 3.63) is 53.1 Å². The second-order valence-corrected chi connectivity index (χ2v) is 7.50. The van der Waals surface area contributed by atoms with E-state index in [1.54, 1.807) is 0 Å². The Morgan fingerprint density at radius 1 is 1.18 bits per heavy atom. The smallest absolute Gasteiger partial charge is 0.433 e. The number of aliphatic hydroxyl groups is 1. The third-order valence-electron chi connectivity index (χ3n) is 4.36. The molecule has 1 heterocycles. The summed E-state index contributed by atoms with van der Waals surface area (Å²) < 4.78 is 61.1. The predicted octanol–water partition coefficient (Wildman–Crippen LogP) is 2.68. The van der Waals surface area contributed by atoms with Crippen LogP contribution in [-0.2, 0) is 15.8 Å². The number of hydrogen-bond acceptors (Lipinski definition) is 6. The number of benzene rings is 1. The molecule has 34 heavy (non-hydrogen) atoms. The van der Waals surface area contributed by atoms with E-state index >= 15 is 0 Å². The van der Waals surface area contributed by atoms with Crippen LogP contribution in [0, 0.1) is 5.82 Å². The molecule has 1 aromatic heterocycles. The fraction of sp³-hybridized carbons (Fsp3) is 0.381. The molecule has 2 aromatic rings. The van der Waals surface area contributed by atoms with Crippen LogP contribution in [0.4, 0.5) is 17.6 Å². The number of pyridine rings is 1. The molecule has 0 radical (unpaired) electrons. The van der Waals surface area contributed by atoms with Crippen LogP contribution < -0.4 is 14.8 Å². The van der Waals surface area contributed by atoms with Crippen LogP contribution >= 0.6 is 11.6 Å². The second-order valence-electron chi connectivity index (χ2n) is 7.10. The minimum Gasteiger partial charge on any atom is -0.484 e. The van der Waals surface area contributed by atoms with E-state index in [4.69, 9.17) is 21.1 Å². The van der Waals surface area contributed by atoms with Gasteiger partial charge in [-0.25, -0.2) is 9.37 Å². The molecule has 0 unspecified atom stereocenters. The van der Waals surface area contributed by atoms with Gasteiger partial charge < -0.3 is 24.8 Å². The number of nitrogens with one attached hydrogen (secondary N) is 1. The first kappa shape index (κ1) is 27.1. The summed E-state index contributed by atoms with van der Waals surface area (Å²) >= 11 is 5.56. The normalized spacial score (nSPS) is 12.1. The summed E-state index contributed by atoms with van der Waals surface area (Å²) in [6.45, 7) is -0.806. The fourth-order valence-electron chi connectivity index (χ4n) is 2.54. The van der Waals surface area contributed by atoms with Crippen LogP contribution in [0.25, 0.3) is 0 Å². The molecule has 0 spiro atoms. The number of likely N-dealkylation sites (N-methyl/N-ethyl adjacent to an activating group) is 1. The van der Waals surface area contributed by atoms with Crippen molar-refractivity contribution >= 4 is 23.4 Å². The number of aromatic nitrogens is 1. The van der Waals surface area contributed by atoms with Gasteiger partial charge in [0.1, 0.15) is 23.0 Å². The van der Waals surface area contributed by atoms with E-state index < -0.39 is 42.2 Å². The molecule has 0 aliphatic heterocycles. The SMILES string of the molecule is CN(C[C@@H](O)CCNC(=O)COc1ccc(Cl)c(F)c1)C(=O)COc1ccc(C(F)(F)F)nc1. The lowest BCUT2D eigenvalue weighted by molar-refractivity contribution is -0.141. The fourth-order valence-corrected chi connectivity index (χ4v) is 2.66. The third-order valence-corrected chi connectivity index (χ3v) is 4.67. The van der Waals surface area contributed by atoms with E-state index in [9.17, 15) is 32.3 Å². The minimum atomic E-state index is -4.58. The highest BCUT2D eigenvalue weighted by molar-refractivity contribution is 6.30. The number of rotatable bonds is 11. The van der Waals surface area contributed by atoms with Crippen molar-refractivity contribution < 1.29 is 41.7 Å². The van der Waals surface area contributed by atoms with Crippen molar-refractivity contribution in [1.82, 2.24) is 15.2 Å². The van der Waals surface area contributed by atoms with Crippen molar-refractivity contribution in [3.8, 4) is 11.5 Å².